The molecule has 3 rings (SSSR count). The number of aromatic carboxylic acids is 1. The maximum absolute atomic E-state index is 11.1. The summed E-state index contributed by atoms with van der Waals surface area (Å²) in [7, 11) is 0. The van der Waals surface area contributed by atoms with Gasteiger partial charge < -0.3 is 10.1 Å². The van der Waals surface area contributed by atoms with Gasteiger partial charge in [0.2, 0.25) is 0 Å². The lowest BCUT2D eigenvalue weighted by atomic mass is 10.0. The van der Waals surface area contributed by atoms with Crippen LogP contribution < -0.4 is 0 Å². The van der Waals surface area contributed by atoms with Crippen molar-refractivity contribution in [2.24, 2.45) is 0 Å². The van der Waals surface area contributed by atoms with Crippen LogP contribution in [0, 0.1) is 0 Å². The molecule has 4 nitrogen and oxygen atoms in total. The lowest BCUT2D eigenvalue weighted by Crippen LogP contribution is -1.99. The Hall–Kier alpha value is -2.62. The van der Waals surface area contributed by atoms with Gasteiger partial charge in [-0.25, -0.2) is 4.79 Å². The molecule has 0 unspecified atom stereocenters. The Morgan fingerprint density at radius 3 is 2.78 bits per heavy atom. The van der Waals surface area contributed by atoms with E-state index in [-0.39, 0.29) is 5.69 Å². The molecule has 0 aliphatic heterocycles. The van der Waals surface area contributed by atoms with Crippen LogP contribution in [-0.2, 0) is 0 Å². The van der Waals surface area contributed by atoms with Crippen molar-refractivity contribution in [3.63, 3.8) is 0 Å². The van der Waals surface area contributed by atoms with Gasteiger partial charge in [-0.05, 0) is 11.5 Å². The summed E-state index contributed by atoms with van der Waals surface area (Å²) < 4.78 is 0. The van der Waals surface area contributed by atoms with Gasteiger partial charge in [-0.2, -0.15) is 0 Å². The van der Waals surface area contributed by atoms with E-state index >= 15 is 0 Å². The Bertz CT molecular complexity index is 726. The maximum Gasteiger partial charge on any atom is 0.352 e. The Morgan fingerprint density at radius 1 is 1.11 bits per heavy atom. The largest absolute Gasteiger partial charge is 0.477 e. The second-order valence-corrected chi connectivity index (χ2v) is 3.98. The van der Waals surface area contributed by atoms with Crippen molar-refractivity contribution in [3.05, 3.63) is 54.6 Å². The van der Waals surface area contributed by atoms with Gasteiger partial charge in [-0.15, -0.1) is 0 Å². The minimum atomic E-state index is -0.970. The molecule has 2 N–H and O–H groups in total. The van der Waals surface area contributed by atoms with Gasteiger partial charge in [0, 0.05) is 35.1 Å². The smallest absolute Gasteiger partial charge is 0.352 e. The fourth-order valence-electron chi connectivity index (χ4n) is 2.10. The molecule has 0 fully saturated rings. The number of H-pyrrole nitrogens is 1. The summed E-state index contributed by atoms with van der Waals surface area (Å²) in [6, 6.07) is 9.54. The normalized spacial score (nSPS) is 10.7. The minimum Gasteiger partial charge on any atom is -0.477 e. The third-order valence-corrected chi connectivity index (χ3v) is 2.92. The van der Waals surface area contributed by atoms with Crippen molar-refractivity contribution in [2.45, 2.75) is 0 Å². The zero-order valence-corrected chi connectivity index (χ0v) is 9.42. The van der Waals surface area contributed by atoms with Crippen LogP contribution in [0.3, 0.4) is 0 Å². The highest BCUT2D eigenvalue weighted by molar-refractivity contribution is 6.02. The van der Waals surface area contributed by atoms with Gasteiger partial charge in [0.15, 0.2) is 0 Å². The third kappa shape index (κ3) is 1.55. The predicted molar refractivity (Wildman–Crippen MR) is 68.5 cm³/mol. The Labute approximate surface area is 103 Å². The molecule has 1 aromatic carbocycles. The molecule has 0 saturated heterocycles. The van der Waals surface area contributed by atoms with Crippen LogP contribution in [0.4, 0.5) is 0 Å². The molecule has 0 amide bonds. The maximum atomic E-state index is 11.1. The first-order chi connectivity index (χ1) is 8.77. The van der Waals surface area contributed by atoms with E-state index in [1.807, 2.05) is 24.3 Å². The number of pyridine rings is 1. The molecule has 0 atom stereocenters. The average Bonchev–Trinajstić information content (AvgIpc) is 2.87. The number of aromatic amines is 1. The Morgan fingerprint density at radius 2 is 1.94 bits per heavy atom. The van der Waals surface area contributed by atoms with Crippen LogP contribution in [-0.4, -0.2) is 21.0 Å². The first kappa shape index (κ1) is 10.5. The molecule has 0 saturated carbocycles. The van der Waals surface area contributed by atoms with Crippen molar-refractivity contribution in [3.8, 4) is 11.1 Å². The van der Waals surface area contributed by atoms with E-state index in [9.17, 15) is 4.79 Å². The SMILES string of the molecule is O=C(O)c1[nH]ccc1-c1cncc2ccccc12. The summed E-state index contributed by atoms with van der Waals surface area (Å²) in [6.45, 7) is 0. The molecule has 18 heavy (non-hydrogen) atoms. The monoisotopic (exact) mass is 238 g/mol. The van der Waals surface area contributed by atoms with E-state index in [0.29, 0.717) is 5.56 Å². The average molecular weight is 238 g/mol. The summed E-state index contributed by atoms with van der Waals surface area (Å²) in [5, 5.41) is 11.1. The van der Waals surface area contributed by atoms with Crippen LogP contribution >= 0.6 is 0 Å². The standard InChI is InChI=1S/C14H10N2O2/c17-14(18)13-11(5-6-16-13)12-8-15-7-9-3-1-2-4-10(9)12/h1-8,16H,(H,17,18). The van der Waals surface area contributed by atoms with Crippen LogP contribution in [0.15, 0.2) is 48.9 Å². The summed E-state index contributed by atoms with van der Waals surface area (Å²) in [4.78, 5) is 18.0. The molecule has 0 bridgehead atoms. The van der Waals surface area contributed by atoms with E-state index in [4.69, 9.17) is 5.11 Å². The topological polar surface area (TPSA) is 66.0 Å². The van der Waals surface area contributed by atoms with Crippen LogP contribution in [0.25, 0.3) is 21.9 Å². The highest BCUT2D eigenvalue weighted by atomic mass is 16.4. The predicted octanol–water partition coefficient (Wildman–Crippen LogP) is 2.93. The molecule has 88 valence electrons. The van der Waals surface area contributed by atoms with E-state index in [1.165, 1.54) is 0 Å². The van der Waals surface area contributed by atoms with Crippen molar-refractivity contribution >= 4 is 16.7 Å². The number of carboxylic acids is 1. The third-order valence-electron chi connectivity index (χ3n) is 2.92. The molecule has 2 heterocycles. The first-order valence-corrected chi connectivity index (χ1v) is 5.51. The number of hydrogen-bond donors (Lipinski definition) is 2. The molecule has 0 radical (unpaired) electrons. The summed E-state index contributed by atoms with van der Waals surface area (Å²) in [5.41, 5.74) is 1.67. The number of nitrogens with one attached hydrogen (secondary N) is 1. The van der Waals surface area contributed by atoms with Crippen molar-refractivity contribution in [2.75, 3.05) is 0 Å². The van der Waals surface area contributed by atoms with Gasteiger partial charge in [0.05, 0.1) is 0 Å². The van der Waals surface area contributed by atoms with Gasteiger partial charge in [0.1, 0.15) is 5.69 Å². The highest BCUT2D eigenvalue weighted by Gasteiger charge is 2.14. The van der Waals surface area contributed by atoms with E-state index in [1.54, 1.807) is 24.7 Å². The highest BCUT2D eigenvalue weighted by Crippen LogP contribution is 2.29. The Balaban J connectivity index is 2.32. The number of nitrogens with zero attached hydrogens (tertiary/aromatic N) is 1. The zero-order valence-electron chi connectivity index (χ0n) is 9.42. The molecule has 0 aliphatic rings. The summed E-state index contributed by atoms with van der Waals surface area (Å²) >= 11 is 0. The molecular formula is C14H10N2O2. The number of fused-ring (bicyclic) bond motifs is 1. The lowest BCUT2D eigenvalue weighted by Gasteiger charge is -2.05. The number of rotatable bonds is 2. The number of hydrogen-bond acceptors (Lipinski definition) is 2. The number of benzene rings is 1. The fraction of sp³-hybridized carbons (Fsp3) is 0. The van der Waals surface area contributed by atoms with E-state index < -0.39 is 5.97 Å². The molecule has 0 spiro atoms. The van der Waals surface area contributed by atoms with Crippen molar-refractivity contribution < 1.29 is 9.90 Å². The molecule has 0 aliphatic carbocycles. The van der Waals surface area contributed by atoms with Gasteiger partial charge in [0.25, 0.3) is 0 Å². The summed E-state index contributed by atoms with van der Waals surface area (Å²) in [6.07, 6.45) is 5.09. The second kappa shape index (κ2) is 4.00. The quantitative estimate of drug-likeness (QED) is 0.721. The Kier molecular flexibility index (Phi) is 2.34. The van der Waals surface area contributed by atoms with Crippen LogP contribution in [0.1, 0.15) is 10.5 Å². The number of carbonyl (C=O) groups is 1. The number of aromatic nitrogens is 2. The fourth-order valence-corrected chi connectivity index (χ4v) is 2.10. The first-order valence-electron chi connectivity index (χ1n) is 5.51. The van der Waals surface area contributed by atoms with Gasteiger partial charge >= 0.3 is 5.97 Å². The van der Waals surface area contributed by atoms with Crippen LogP contribution in [0.2, 0.25) is 0 Å². The minimum absolute atomic E-state index is 0.188. The van der Waals surface area contributed by atoms with Crippen molar-refractivity contribution in [1.82, 2.24) is 9.97 Å². The van der Waals surface area contributed by atoms with Crippen LogP contribution in [0.5, 0.6) is 0 Å². The molecule has 2 aromatic heterocycles. The lowest BCUT2D eigenvalue weighted by molar-refractivity contribution is 0.0692. The molecule has 3 aromatic rings. The van der Waals surface area contributed by atoms with Gasteiger partial charge in [-0.1, -0.05) is 24.3 Å². The van der Waals surface area contributed by atoms with Crippen molar-refractivity contribution in [1.29, 1.82) is 0 Å². The van der Waals surface area contributed by atoms with E-state index in [2.05, 4.69) is 9.97 Å². The molecular weight excluding hydrogens is 228 g/mol. The van der Waals surface area contributed by atoms with E-state index in [0.717, 1.165) is 16.3 Å². The summed E-state index contributed by atoms with van der Waals surface area (Å²) in [5.74, 6) is -0.970. The zero-order chi connectivity index (χ0) is 12.5. The number of carboxylic acid groups (broad SMARTS) is 1. The van der Waals surface area contributed by atoms with Gasteiger partial charge in [-0.3, -0.25) is 4.98 Å². The second-order valence-electron chi connectivity index (χ2n) is 3.98. The molecule has 4 heteroatoms.